The Morgan fingerprint density at radius 1 is 1.41 bits per heavy atom. The van der Waals surface area contributed by atoms with Crippen molar-refractivity contribution in [1.29, 1.82) is 0 Å². The van der Waals surface area contributed by atoms with E-state index in [4.69, 9.17) is 4.74 Å². The Balaban J connectivity index is 2.95. The van der Waals surface area contributed by atoms with Gasteiger partial charge in [-0.1, -0.05) is 19.9 Å². The van der Waals surface area contributed by atoms with Crippen molar-refractivity contribution in [2.45, 2.75) is 46.6 Å². The molecule has 0 spiro atoms. The maximum Gasteiger partial charge on any atom is 0.293 e. The molecule has 1 aliphatic carbocycles. The third-order valence-electron chi connectivity index (χ3n) is 3.33. The first kappa shape index (κ1) is 13.7. The average Bonchev–Trinajstić information content (AvgIpc) is 2.24. The summed E-state index contributed by atoms with van der Waals surface area (Å²) in [5, 5.41) is 0. The smallest absolute Gasteiger partial charge is 0.293 e. The van der Waals surface area contributed by atoms with E-state index in [-0.39, 0.29) is 17.3 Å². The Morgan fingerprint density at radius 3 is 2.65 bits per heavy atom. The van der Waals surface area contributed by atoms with Gasteiger partial charge in [0.15, 0.2) is 5.78 Å². The van der Waals surface area contributed by atoms with E-state index < -0.39 is 0 Å². The summed E-state index contributed by atoms with van der Waals surface area (Å²) in [6.07, 6.45) is 4.96. The number of hydrogen-bond acceptors (Lipinski definition) is 3. The minimum absolute atomic E-state index is 0.00932. The van der Waals surface area contributed by atoms with Gasteiger partial charge in [0.2, 0.25) is 0 Å². The van der Waals surface area contributed by atoms with Gasteiger partial charge in [0.25, 0.3) is 6.47 Å². The number of hydrogen-bond donors (Lipinski definition) is 0. The van der Waals surface area contributed by atoms with Gasteiger partial charge in [0.1, 0.15) is 6.10 Å². The van der Waals surface area contributed by atoms with Crippen molar-refractivity contribution in [3.8, 4) is 0 Å². The van der Waals surface area contributed by atoms with Gasteiger partial charge in [0.05, 0.1) is 0 Å². The zero-order valence-electron chi connectivity index (χ0n) is 10.9. The van der Waals surface area contributed by atoms with E-state index in [0.29, 0.717) is 12.9 Å². The zero-order valence-corrected chi connectivity index (χ0v) is 10.9. The molecule has 1 rings (SSSR count). The fourth-order valence-electron chi connectivity index (χ4n) is 2.12. The van der Waals surface area contributed by atoms with Gasteiger partial charge >= 0.3 is 0 Å². The van der Waals surface area contributed by atoms with Crippen LogP contribution in [0.5, 0.6) is 0 Å². The van der Waals surface area contributed by atoms with Gasteiger partial charge in [0, 0.05) is 6.42 Å². The summed E-state index contributed by atoms with van der Waals surface area (Å²) in [5.41, 5.74) is 1.89. The fraction of sp³-hybridized carbons (Fsp3) is 0.571. The molecule has 0 N–H and O–H groups in total. The Bertz CT molecular complexity index is 375. The summed E-state index contributed by atoms with van der Waals surface area (Å²) < 4.78 is 4.79. The number of rotatable bonds is 4. The first-order chi connectivity index (χ1) is 7.88. The van der Waals surface area contributed by atoms with Crippen LogP contribution in [0.4, 0.5) is 0 Å². The first-order valence-electron chi connectivity index (χ1n) is 5.90. The van der Waals surface area contributed by atoms with Crippen LogP contribution in [0.25, 0.3) is 0 Å². The molecule has 0 aliphatic heterocycles. The van der Waals surface area contributed by atoms with E-state index in [1.807, 2.05) is 19.1 Å². The van der Waals surface area contributed by atoms with Crippen LogP contribution in [0.15, 0.2) is 23.3 Å². The van der Waals surface area contributed by atoms with Crippen LogP contribution in [-0.2, 0) is 14.3 Å². The first-order valence-corrected chi connectivity index (χ1v) is 5.90. The van der Waals surface area contributed by atoms with Gasteiger partial charge in [-0.3, -0.25) is 9.59 Å². The lowest BCUT2D eigenvalue weighted by atomic mass is 9.72. The third-order valence-corrected chi connectivity index (χ3v) is 3.33. The summed E-state index contributed by atoms with van der Waals surface area (Å²) in [4.78, 5) is 21.9. The van der Waals surface area contributed by atoms with Crippen molar-refractivity contribution in [2.24, 2.45) is 5.41 Å². The molecule has 0 amide bonds. The molecule has 0 saturated carbocycles. The zero-order chi connectivity index (χ0) is 13.1. The predicted octanol–water partition coefficient (Wildman–Crippen LogP) is 2.81. The van der Waals surface area contributed by atoms with Crippen LogP contribution in [0, 0.1) is 5.41 Å². The lowest BCUT2D eigenvalue weighted by Gasteiger charge is -2.32. The number of carbonyl (C=O) groups is 2. The SMILES string of the molecule is CC1=C(/C=C/C(C)OC=O)C(C)(C)CCC1=O. The van der Waals surface area contributed by atoms with Crippen molar-refractivity contribution < 1.29 is 14.3 Å². The Morgan fingerprint density at radius 2 is 2.06 bits per heavy atom. The molecule has 3 nitrogen and oxygen atoms in total. The van der Waals surface area contributed by atoms with E-state index >= 15 is 0 Å². The molecule has 94 valence electrons. The molecule has 1 unspecified atom stereocenters. The molecule has 1 aliphatic rings. The maximum atomic E-state index is 11.7. The molecule has 1 atom stereocenters. The van der Waals surface area contributed by atoms with Crippen LogP contribution >= 0.6 is 0 Å². The molecule has 0 radical (unpaired) electrons. The number of allylic oxidation sites excluding steroid dienone is 3. The molecular formula is C14H20O3. The summed E-state index contributed by atoms with van der Waals surface area (Å²) in [5.74, 6) is 0.216. The normalized spacial score (nSPS) is 21.8. The van der Waals surface area contributed by atoms with Crippen molar-refractivity contribution in [3.05, 3.63) is 23.3 Å². The maximum absolute atomic E-state index is 11.7. The number of Topliss-reactive ketones (excluding diaryl/α,β-unsaturated/α-hetero) is 1. The van der Waals surface area contributed by atoms with Crippen molar-refractivity contribution in [2.75, 3.05) is 0 Å². The molecule has 0 aromatic carbocycles. The van der Waals surface area contributed by atoms with Crippen molar-refractivity contribution in [3.63, 3.8) is 0 Å². The second-order valence-corrected chi connectivity index (χ2v) is 5.14. The average molecular weight is 236 g/mol. The van der Waals surface area contributed by atoms with E-state index in [9.17, 15) is 9.59 Å². The lowest BCUT2D eigenvalue weighted by molar-refractivity contribution is -0.130. The highest BCUT2D eigenvalue weighted by Crippen LogP contribution is 2.39. The number of carbonyl (C=O) groups excluding carboxylic acids is 2. The van der Waals surface area contributed by atoms with Gasteiger partial charge in [-0.25, -0.2) is 0 Å². The summed E-state index contributed by atoms with van der Waals surface area (Å²) in [6.45, 7) is 8.36. The summed E-state index contributed by atoms with van der Waals surface area (Å²) in [6, 6.07) is 0. The monoisotopic (exact) mass is 236 g/mol. The quantitative estimate of drug-likeness (QED) is 0.705. The van der Waals surface area contributed by atoms with Crippen LogP contribution in [-0.4, -0.2) is 18.4 Å². The second kappa shape index (κ2) is 5.30. The molecule has 0 saturated heterocycles. The highest BCUT2D eigenvalue weighted by molar-refractivity contribution is 5.97. The topological polar surface area (TPSA) is 43.4 Å². The van der Waals surface area contributed by atoms with Crippen molar-refractivity contribution in [1.82, 2.24) is 0 Å². The molecule has 0 aromatic heterocycles. The van der Waals surface area contributed by atoms with Gasteiger partial charge in [-0.2, -0.15) is 0 Å². The molecule has 0 fully saturated rings. The van der Waals surface area contributed by atoms with E-state index in [2.05, 4.69) is 13.8 Å². The van der Waals surface area contributed by atoms with Crippen LogP contribution in [0.2, 0.25) is 0 Å². The highest BCUT2D eigenvalue weighted by atomic mass is 16.5. The molecule has 0 aromatic rings. The van der Waals surface area contributed by atoms with E-state index in [1.54, 1.807) is 6.92 Å². The molecular weight excluding hydrogens is 216 g/mol. The van der Waals surface area contributed by atoms with Gasteiger partial charge in [-0.05, 0) is 42.9 Å². The Labute approximate surface area is 103 Å². The second-order valence-electron chi connectivity index (χ2n) is 5.14. The fourth-order valence-corrected chi connectivity index (χ4v) is 2.12. The Kier molecular flexibility index (Phi) is 4.27. The van der Waals surface area contributed by atoms with Gasteiger partial charge < -0.3 is 4.74 Å². The number of ketones is 1. The largest absolute Gasteiger partial charge is 0.461 e. The van der Waals surface area contributed by atoms with Crippen molar-refractivity contribution >= 4 is 12.3 Å². The van der Waals surface area contributed by atoms with Crippen LogP contribution < -0.4 is 0 Å². The summed E-state index contributed by atoms with van der Waals surface area (Å²) >= 11 is 0. The molecule has 3 heteroatoms. The minimum atomic E-state index is -0.263. The number of ether oxygens (including phenoxy) is 1. The predicted molar refractivity (Wildman–Crippen MR) is 66.5 cm³/mol. The van der Waals surface area contributed by atoms with Gasteiger partial charge in [-0.15, -0.1) is 0 Å². The lowest BCUT2D eigenvalue weighted by Crippen LogP contribution is -2.24. The minimum Gasteiger partial charge on any atom is -0.461 e. The molecule has 0 bridgehead atoms. The third kappa shape index (κ3) is 3.29. The standard InChI is InChI=1S/C14H20O3/c1-10(17-9-15)5-6-12-11(2)13(16)7-8-14(12,3)4/h5-6,9-10H,7-8H2,1-4H3/b6-5+. The summed E-state index contributed by atoms with van der Waals surface area (Å²) in [7, 11) is 0. The Hall–Kier alpha value is -1.38. The molecule has 17 heavy (non-hydrogen) atoms. The highest BCUT2D eigenvalue weighted by Gasteiger charge is 2.30. The molecule has 0 heterocycles. The van der Waals surface area contributed by atoms with Crippen LogP contribution in [0.1, 0.15) is 40.5 Å². The van der Waals surface area contributed by atoms with E-state index in [1.165, 1.54) is 0 Å². The van der Waals surface area contributed by atoms with E-state index in [0.717, 1.165) is 17.6 Å². The van der Waals surface area contributed by atoms with Crippen LogP contribution in [0.3, 0.4) is 0 Å².